The number of thiophene rings is 1. The Morgan fingerprint density at radius 2 is 2.04 bits per heavy atom. The number of hydrogen-bond donors (Lipinski definition) is 2. The smallest absolute Gasteiger partial charge is 0.151 e. The molecular formula is C21H21NO3S2. The zero-order valence-electron chi connectivity index (χ0n) is 15.0. The number of H-pyrrole nitrogens is 1. The van der Waals surface area contributed by atoms with Crippen molar-refractivity contribution < 1.29 is 13.5 Å². The summed E-state index contributed by atoms with van der Waals surface area (Å²) >= 11 is 1.72. The van der Waals surface area contributed by atoms with Gasteiger partial charge < -0.3 is 10.1 Å². The number of aromatic nitrogens is 1. The lowest BCUT2D eigenvalue weighted by molar-refractivity contribution is 0.282. The number of rotatable bonds is 6. The Hall–Kier alpha value is -2.15. The van der Waals surface area contributed by atoms with Gasteiger partial charge in [0.15, 0.2) is 9.84 Å². The molecule has 1 unspecified atom stereocenters. The minimum atomic E-state index is -3.12. The standard InChI is InChI=1S/C21H21NO3S2/c1-27(24,25)13-16-3-2-4-18-19(12-22-21(16)18)17(7-9-23)14-5-6-20-15(11-14)8-10-26-20/h2-6,8,10-12,17,22-23H,7,9,13H2,1H3. The van der Waals surface area contributed by atoms with E-state index >= 15 is 0 Å². The van der Waals surface area contributed by atoms with E-state index in [4.69, 9.17) is 0 Å². The van der Waals surface area contributed by atoms with E-state index in [0.29, 0.717) is 6.42 Å². The molecule has 1 atom stereocenters. The zero-order chi connectivity index (χ0) is 19.0. The molecule has 4 aromatic rings. The van der Waals surface area contributed by atoms with Crippen LogP contribution in [0.25, 0.3) is 21.0 Å². The SMILES string of the molecule is CS(=O)(=O)Cc1cccc2c(C(CCO)c3ccc4sccc4c3)c[nH]c12. The second-order valence-electron chi connectivity index (χ2n) is 6.94. The van der Waals surface area contributed by atoms with Gasteiger partial charge >= 0.3 is 0 Å². The molecule has 0 spiro atoms. The fraction of sp³-hybridized carbons (Fsp3) is 0.238. The summed E-state index contributed by atoms with van der Waals surface area (Å²) in [6.07, 6.45) is 3.81. The predicted molar refractivity (Wildman–Crippen MR) is 112 cm³/mol. The average Bonchev–Trinajstić information content (AvgIpc) is 3.25. The monoisotopic (exact) mass is 399 g/mol. The van der Waals surface area contributed by atoms with E-state index in [1.165, 1.54) is 16.3 Å². The van der Waals surface area contributed by atoms with Gasteiger partial charge in [0.05, 0.1) is 5.75 Å². The van der Waals surface area contributed by atoms with E-state index in [0.717, 1.165) is 27.6 Å². The lowest BCUT2D eigenvalue weighted by Crippen LogP contribution is -2.04. The number of aliphatic hydroxyl groups excluding tert-OH is 1. The van der Waals surface area contributed by atoms with Crippen LogP contribution in [0.1, 0.15) is 29.0 Å². The van der Waals surface area contributed by atoms with Crippen LogP contribution in [0.4, 0.5) is 0 Å². The first-order chi connectivity index (χ1) is 13.0. The maximum absolute atomic E-state index is 11.8. The number of para-hydroxylation sites is 1. The second-order valence-corrected chi connectivity index (χ2v) is 10.0. The molecule has 4 nitrogen and oxygen atoms in total. The molecule has 2 aromatic heterocycles. The maximum Gasteiger partial charge on any atom is 0.151 e. The molecule has 4 rings (SSSR count). The van der Waals surface area contributed by atoms with Crippen LogP contribution >= 0.6 is 11.3 Å². The van der Waals surface area contributed by atoms with E-state index in [1.807, 2.05) is 24.4 Å². The molecule has 6 heteroatoms. The van der Waals surface area contributed by atoms with Crippen molar-refractivity contribution in [3.63, 3.8) is 0 Å². The summed E-state index contributed by atoms with van der Waals surface area (Å²) in [6.45, 7) is 0.0854. The highest BCUT2D eigenvalue weighted by atomic mass is 32.2. The van der Waals surface area contributed by atoms with Crippen molar-refractivity contribution in [1.82, 2.24) is 4.98 Å². The number of aliphatic hydroxyl groups is 1. The van der Waals surface area contributed by atoms with Crippen molar-refractivity contribution in [3.05, 3.63) is 70.7 Å². The third-order valence-electron chi connectivity index (χ3n) is 4.92. The Labute approximate surface area is 162 Å². The quantitative estimate of drug-likeness (QED) is 0.503. The van der Waals surface area contributed by atoms with Crippen molar-refractivity contribution in [2.24, 2.45) is 0 Å². The first kappa shape index (κ1) is 18.2. The Bertz CT molecular complexity index is 1200. The van der Waals surface area contributed by atoms with Gasteiger partial charge in [-0.05, 0) is 52.1 Å². The molecule has 0 bridgehead atoms. The van der Waals surface area contributed by atoms with Crippen molar-refractivity contribution in [2.75, 3.05) is 12.9 Å². The molecule has 140 valence electrons. The van der Waals surface area contributed by atoms with Gasteiger partial charge in [-0.3, -0.25) is 0 Å². The third-order valence-corrected chi connectivity index (χ3v) is 6.66. The van der Waals surface area contributed by atoms with Crippen LogP contribution in [-0.4, -0.2) is 31.4 Å². The van der Waals surface area contributed by atoms with E-state index in [9.17, 15) is 13.5 Å². The van der Waals surface area contributed by atoms with Gasteiger partial charge in [0.25, 0.3) is 0 Å². The number of fused-ring (bicyclic) bond motifs is 2. The summed E-state index contributed by atoms with van der Waals surface area (Å²) in [4.78, 5) is 3.28. The highest BCUT2D eigenvalue weighted by molar-refractivity contribution is 7.89. The largest absolute Gasteiger partial charge is 0.396 e. The fourth-order valence-electron chi connectivity index (χ4n) is 3.76. The van der Waals surface area contributed by atoms with Crippen LogP contribution in [0.5, 0.6) is 0 Å². The first-order valence-electron chi connectivity index (χ1n) is 8.81. The van der Waals surface area contributed by atoms with Crippen molar-refractivity contribution >= 4 is 42.2 Å². The van der Waals surface area contributed by atoms with Crippen LogP contribution in [0.2, 0.25) is 0 Å². The van der Waals surface area contributed by atoms with E-state index in [2.05, 4.69) is 34.6 Å². The maximum atomic E-state index is 11.8. The van der Waals surface area contributed by atoms with Crippen molar-refractivity contribution in [2.45, 2.75) is 18.1 Å². The fourth-order valence-corrected chi connectivity index (χ4v) is 5.34. The molecule has 0 radical (unpaired) electrons. The third kappa shape index (κ3) is 3.65. The summed E-state index contributed by atoms with van der Waals surface area (Å²) in [6, 6.07) is 14.3. The Kier molecular flexibility index (Phi) is 4.80. The van der Waals surface area contributed by atoms with Crippen LogP contribution in [0.3, 0.4) is 0 Å². The van der Waals surface area contributed by atoms with Crippen LogP contribution in [0, 0.1) is 0 Å². The summed E-state index contributed by atoms with van der Waals surface area (Å²) < 4.78 is 24.8. The summed E-state index contributed by atoms with van der Waals surface area (Å²) in [5.41, 5.74) is 3.88. The lowest BCUT2D eigenvalue weighted by Gasteiger charge is -2.16. The highest BCUT2D eigenvalue weighted by Crippen LogP contribution is 2.36. The normalized spacial score (nSPS) is 13.4. The minimum Gasteiger partial charge on any atom is -0.396 e. The van der Waals surface area contributed by atoms with Gasteiger partial charge in [-0.2, -0.15) is 0 Å². The van der Waals surface area contributed by atoms with E-state index in [-0.39, 0.29) is 18.3 Å². The minimum absolute atomic E-state index is 0.00975. The molecule has 2 heterocycles. The van der Waals surface area contributed by atoms with E-state index < -0.39 is 9.84 Å². The Morgan fingerprint density at radius 1 is 1.19 bits per heavy atom. The van der Waals surface area contributed by atoms with Crippen LogP contribution in [0.15, 0.2) is 54.0 Å². The molecule has 0 aliphatic carbocycles. The van der Waals surface area contributed by atoms with Crippen molar-refractivity contribution in [1.29, 1.82) is 0 Å². The number of nitrogens with one attached hydrogen (secondary N) is 1. The van der Waals surface area contributed by atoms with Crippen LogP contribution in [-0.2, 0) is 15.6 Å². The van der Waals surface area contributed by atoms with Gasteiger partial charge in [0.2, 0.25) is 0 Å². The van der Waals surface area contributed by atoms with Gasteiger partial charge in [-0.25, -0.2) is 8.42 Å². The first-order valence-corrected chi connectivity index (χ1v) is 11.7. The molecule has 2 aromatic carbocycles. The van der Waals surface area contributed by atoms with Crippen molar-refractivity contribution in [3.8, 4) is 0 Å². The molecule has 0 saturated heterocycles. The van der Waals surface area contributed by atoms with Gasteiger partial charge in [-0.1, -0.05) is 24.3 Å². The second kappa shape index (κ2) is 7.11. The van der Waals surface area contributed by atoms with Gasteiger partial charge in [0, 0.05) is 40.6 Å². The summed E-state index contributed by atoms with van der Waals surface area (Å²) in [7, 11) is -3.12. The summed E-state index contributed by atoms with van der Waals surface area (Å²) in [5, 5.41) is 14.0. The number of benzene rings is 2. The molecule has 0 fully saturated rings. The molecule has 0 aliphatic rings. The van der Waals surface area contributed by atoms with Gasteiger partial charge in [0.1, 0.15) is 0 Å². The topological polar surface area (TPSA) is 70.2 Å². The predicted octanol–water partition coefficient (Wildman–Crippen LogP) is 4.44. The molecule has 0 aliphatic heterocycles. The Balaban J connectivity index is 1.83. The zero-order valence-corrected chi connectivity index (χ0v) is 16.6. The highest BCUT2D eigenvalue weighted by Gasteiger charge is 2.20. The molecule has 0 amide bonds. The number of hydrogen-bond acceptors (Lipinski definition) is 4. The molecular weight excluding hydrogens is 378 g/mol. The number of sulfone groups is 1. The Morgan fingerprint density at radius 3 is 2.81 bits per heavy atom. The average molecular weight is 400 g/mol. The van der Waals surface area contributed by atoms with Crippen LogP contribution < -0.4 is 0 Å². The van der Waals surface area contributed by atoms with Gasteiger partial charge in [-0.15, -0.1) is 11.3 Å². The molecule has 0 saturated carbocycles. The van der Waals surface area contributed by atoms with E-state index in [1.54, 1.807) is 11.3 Å². The molecule has 27 heavy (non-hydrogen) atoms. The number of aromatic amines is 1. The lowest BCUT2D eigenvalue weighted by atomic mass is 9.88. The molecule has 2 N–H and O–H groups in total. The summed E-state index contributed by atoms with van der Waals surface area (Å²) in [5.74, 6) is 0.0528.